The number of benzene rings is 1. The quantitative estimate of drug-likeness (QED) is 0.870. The van der Waals surface area contributed by atoms with Crippen molar-refractivity contribution in [2.75, 3.05) is 19.8 Å². The van der Waals surface area contributed by atoms with Crippen molar-refractivity contribution in [2.24, 2.45) is 5.73 Å². The van der Waals surface area contributed by atoms with E-state index in [9.17, 15) is 4.79 Å². The highest BCUT2D eigenvalue weighted by atomic mass is 35.5. The Morgan fingerprint density at radius 3 is 2.91 bits per heavy atom. The van der Waals surface area contributed by atoms with Gasteiger partial charge in [-0.3, -0.25) is 4.79 Å². The van der Waals surface area contributed by atoms with Gasteiger partial charge >= 0.3 is 0 Å². The van der Waals surface area contributed by atoms with E-state index in [0.29, 0.717) is 49.2 Å². The number of fused-ring (bicyclic) bond motifs is 1. The minimum atomic E-state index is -0.417. The number of amides is 1. The highest BCUT2D eigenvalue weighted by molar-refractivity contribution is 6.32. The van der Waals surface area contributed by atoms with E-state index < -0.39 is 6.10 Å². The Morgan fingerprint density at radius 2 is 2.13 bits per heavy atom. The first-order valence-electron chi connectivity index (χ1n) is 7.88. The van der Waals surface area contributed by atoms with Crippen molar-refractivity contribution in [3.05, 3.63) is 22.7 Å². The van der Waals surface area contributed by atoms with Gasteiger partial charge in [0.15, 0.2) is 11.5 Å². The van der Waals surface area contributed by atoms with Crippen LogP contribution in [0.4, 0.5) is 0 Å². The number of ether oxygens (including phenoxy) is 3. The summed E-state index contributed by atoms with van der Waals surface area (Å²) < 4.78 is 16.8. The van der Waals surface area contributed by atoms with Gasteiger partial charge in [-0.05, 0) is 30.5 Å². The molecule has 126 valence electrons. The van der Waals surface area contributed by atoms with Gasteiger partial charge in [0.05, 0.1) is 24.3 Å². The molecule has 0 saturated carbocycles. The van der Waals surface area contributed by atoms with Crippen LogP contribution in [0.3, 0.4) is 0 Å². The lowest BCUT2D eigenvalue weighted by molar-refractivity contribution is -0.132. The Morgan fingerprint density at radius 1 is 1.30 bits per heavy atom. The second-order valence-electron chi connectivity index (χ2n) is 5.73. The summed E-state index contributed by atoms with van der Waals surface area (Å²) in [5, 5.41) is 3.37. The molecule has 0 radical (unpaired) electrons. The van der Waals surface area contributed by atoms with Crippen molar-refractivity contribution >= 4 is 17.5 Å². The summed E-state index contributed by atoms with van der Waals surface area (Å²) in [5.74, 6) is 1.08. The van der Waals surface area contributed by atoms with Crippen LogP contribution in [-0.4, -0.2) is 37.9 Å². The van der Waals surface area contributed by atoms with Crippen LogP contribution in [0.25, 0.3) is 0 Å². The summed E-state index contributed by atoms with van der Waals surface area (Å²) in [5.41, 5.74) is 6.42. The molecule has 2 heterocycles. The van der Waals surface area contributed by atoms with Crippen LogP contribution in [-0.2, 0) is 16.1 Å². The molecule has 2 aliphatic heterocycles. The average molecular weight is 341 g/mol. The first kappa shape index (κ1) is 16.4. The number of rotatable bonds is 4. The molecule has 1 amide bonds. The Hall–Kier alpha value is -1.50. The molecule has 0 aromatic heterocycles. The molecule has 1 aromatic carbocycles. The monoisotopic (exact) mass is 340 g/mol. The molecular weight excluding hydrogens is 320 g/mol. The average Bonchev–Trinajstić information content (AvgIpc) is 2.91. The topological polar surface area (TPSA) is 82.8 Å². The van der Waals surface area contributed by atoms with Gasteiger partial charge in [0.25, 0.3) is 0 Å². The lowest BCUT2D eigenvalue weighted by atomic mass is 10.1. The van der Waals surface area contributed by atoms with Crippen LogP contribution >= 0.6 is 11.6 Å². The number of carbonyl (C=O) groups is 1. The van der Waals surface area contributed by atoms with Gasteiger partial charge in [-0.15, -0.1) is 0 Å². The van der Waals surface area contributed by atoms with Gasteiger partial charge < -0.3 is 25.3 Å². The first-order valence-corrected chi connectivity index (χ1v) is 8.26. The van der Waals surface area contributed by atoms with Crippen LogP contribution < -0.4 is 20.5 Å². The van der Waals surface area contributed by atoms with E-state index in [1.165, 1.54) is 0 Å². The third kappa shape index (κ3) is 3.88. The fourth-order valence-electron chi connectivity index (χ4n) is 2.76. The number of hydrogen-bond donors (Lipinski definition) is 2. The molecule has 3 rings (SSSR count). The minimum Gasteiger partial charge on any atom is -0.489 e. The summed E-state index contributed by atoms with van der Waals surface area (Å²) in [4.78, 5) is 12.1. The third-order valence-corrected chi connectivity index (χ3v) is 4.27. The van der Waals surface area contributed by atoms with Crippen molar-refractivity contribution in [2.45, 2.75) is 38.0 Å². The molecule has 7 heteroatoms. The van der Waals surface area contributed by atoms with E-state index >= 15 is 0 Å². The fourth-order valence-corrected chi connectivity index (χ4v) is 3.05. The van der Waals surface area contributed by atoms with E-state index in [1.54, 1.807) is 6.07 Å². The van der Waals surface area contributed by atoms with E-state index in [1.807, 2.05) is 6.07 Å². The Kier molecular flexibility index (Phi) is 5.25. The number of halogens is 1. The highest BCUT2D eigenvalue weighted by Crippen LogP contribution is 2.38. The SMILES string of the molecule is NC[C@H]1CC[C@@H](C(=O)NCc2cc(Cl)c3c(c2)OCCCO3)O1. The second-order valence-corrected chi connectivity index (χ2v) is 6.14. The van der Waals surface area contributed by atoms with Crippen LogP contribution in [0.5, 0.6) is 11.5 Å². The van der Waals surface area contributed by atoms with Gasteiger partial charge in [0, 0.05) is 19.5 Å². The van der Waals surface area contributed by atoms with Gasteiger partial charge in [0.2, 0.25) is 5.91 Å². The zero-order chi connectivity index (χ0) is 16.2. The van der Waals surface area contributed by atoms with Crippen LogP contribution in [0.15, 0.2) is 12.1 Å². The lowest BCUT2D eigenvalue weighted by Crippen LogP contribution is -2.35. The van der Waals surface area contributed by atoms with Crippen molar-refractivity contribution < 1.29 is 19.0 Å². The molecule has 2 atom stereocenters. The molecule has 0 spiro atoms. The summed E-state index contributed by atoms with van der Waals surface area (Å²) in [7, 11) is 0. The summed E-state index contributed by atoms with van der Waals surface area (Å²) in [6, 6.07) is 3.64. The van der Waals surface area contributed by atoms with E-state index in [2.05, 4.69) is 5.32 Å². The van der Waals surface area contributed by atoms with E-state index in [0.717, 1.165) is 18.4 Å². The van der Waals surface area contributed by atoms with E-state index in [-0.39, 0.29) is 12.0 Å². The molecule has 2 aliphatic rings. The molecule has 3 N–H and O–H groups in total. The molecule has 0 unspecified atom stereocenters. The third-order valence-electron chi connectivity index (χ3n) is 3.99. The highest BCUT2D eigenvalue weighted by Gasteiger charge is 2.29. The first-order chi connectivity index (χ1) is 11.2. The zero-order valence-corrected chi connectivity index (χ0v) is 13.6. The molecule has 1 aromatic rings. The molecule has 6 nitrogen and oxygen atoms in total. The Labute approximate surface area is 140 Å². The maximum atomic E-state index is 12.1. The fraction of sp³-hybridized carbons (Fsp3) is 0.562. The Bertz CT molecular complexity index is 581. The molecular formula is C16H21ClN2O4. The summed E-state index contributed by atoms with van der Waals surface area (Å²) in [6.45, 7) is 1.99. The maximum Gasteiger partial charge on any atom is 0.249 e. The molecule has 1 saturated heterocycles. The lowest BCUT2D eigenvalue weighted by Gasteiger charge is -2.14. The number of carbonyl (C=O) groups excluding carboxylic acids is 1. The van der Waals surface area contributed by atoms with Crippen LogP contribution in [0.2, 0.25) is 5.02 Å². The molecule has 23 heavy (non-hydrogen) atoms. The second kappa shape index (κ2) is 7.38. The summed E-state index contributed by atoms with van der Waals surface area (Å²) in [6.07, 6.45) is 1.91. The largest absolute Gasteiger partial charge is 0.489 e. The van der Waals surface area contributed by atoms with Crippen molar-refractivity contribution in [3.63, 3.8) is 0 Å². The molecule has 1 fully saturated rings. The predicted octanol–water partition coefficient (Wildman–Crippen LogP) is 1.62. The minimum absolute atomic E-state index is 0.0155. The van der Waals surface area contributed by atoms with Crippen LogP contribution in [0, 0.1) is 0 Å². The Balaban J connectivity index is 1.61. The van der Waals surface area contributed by atoms with Gasteiger partial charge in [-0.25, -0.2) is 0 Å². The number of nitrogens with one attached hydrogen (secondary N) is 1. The maximum absolute atomic E-state index is 12.1. The van der Waals surface area contributed by atoms with Crippen LogP contribution in [0.1, 0.15) is 24.8 Å². The van der Waals surface area contributed by atoms with Gasteiger partial charge in [-0.1, -0.05) is 11.6 Å². The van der Waals surface area contributed by atoms with Crippen molar-refractivity contribution in [1.29, 1.82) is 0 Å². The van der Waals surface area contributed by atoms with Gasteiger partial charge in [-0.2, -0.15) is 0 Å². The van der Waals surface area contributed by atoms with E-state index in [4.69, 9.17) is 31.5 Å². The van der Waals surface area contributed by atoms with Crippen molar-refractivity contribution in [1.82, 2.24) is 5.32 Å². The standard InChI is InChI=1S/C16H21ClN2O4/c17-12-6-10(7-14-15(12)22-5-1-4-21-14)9-19-16(20)13-3-2-11(8-18)23-13/h6-7,11,13H,1-5,8-9,18H2,(H,19,20)/t11-,13+/m1/s1. The zero-order valence-electron chi connectivity index (χ0n) is 12.8. The molecule has 0 bridgehead atoms. The number of nitrogens with two attached hydrogens (primary N) is 1. The van der Waals surface area contributed by atoms with Crippen molar-refractivity contribution in [3.8, 4) is 11.5 Å². The normalized spacial score (nSPS) is 23.4. The molecule has 0 aliphatic carbocycles. The smallest absolute Gasteiger partial charge is 0.249 e. The summed E-state index contributed by atoms with van der Waals surface area (Å²) >= 11 is 6.24. The number of hydrogen-bond acceptors (Lipinski definition) is 5. The predicted molar refractivity (Wildman–Crippen MR) is 85.9 cm³/mol. The van der Waals surface area contributed by atoms with Gasteiger partial charge in [0.1, 0.15) is 6.10 Å².